The van der Waals surface area contributed by atoms with Crippen LogP contribution in [0, 0.1) is 0 Å². The molecule has 7 nitrogen and oxygen atoms in total. The standard InChI is InChI=1S/C23H28N4O3S/c1-4-24-22(27-16-23(2,28)18-11-12-31-15-18)26-14-17-5-10-21(25-13-17)30-20-8-6-19(29-3)7-9-20/h5-13,15,28H,4,14,16H2,1-3H3,(H2,24,26,27). The highest BCUT2D eigenvalue weighted by Gasteiger charge is 2.23. The van der Waals surface area contributed by atoms with Gasteiger partial charge in [0.25, 0.3) is 0 Å². The van der Waals surface area contributed by atoms with Gasteiger partial charge in [0.15, 0.2) is 5.96 Å². The van der Waals surface area contributed by atoms with Gasteiger partial charge in [-0.3, -0.25) is 0 Å². The minimum Gasteiger partial charge on any atom is -0.497 e. The highest BCUT2D eigenvalue weighted by molar-refractivity contribution is 7.08. The van der Waals surface area contributed by atoms with Crippen molar-refractivity contribution in [2.24, 2.45) is 4.99 Å². The zero-order chi connectivity index (χ0) is 22.1. The van der Waals surface area contributed by atoms with Gasteiger partial charge in [0.05, 0.1) is 20.2 Å². The lowest BCUT2D eigenvalue weighted by atomic mass is 9.99. The molecule has 3 rings (SSSR count). The van der Waals surface area contributed by atoms with E-state index in [9.17, 15) is 5.11 Å². The zero-order valence-corrected chi connectivity index (χ0v) is 18.8. The van der Waals surface area contributed by atoms with Gasteiger partial charge in [0.1, 0.15) is 17.1 Å². The fourth-order valence-electron chi connectivity index (χ4n) is 2.77. The molecule has 0 aliphatic heterocycles. The van der Waals surface area contributed by atoms with Crippen LogP contribution in [0.4, 0.5) is 0 Å². The van der Waals surface area contributed by atoms with Crippen molar-refractivity contribution in [3.05, 3.63) is 70.5 Å². The van der Waals surface area contributed by atoms with Crippen LogP contribution >= 0.6 is 11.3 Å². The quantitative estimate of drug-likeness (QED) is 0.345. The van der Waals surface area contributed by atoms with Crippen molar-refractivity contribution in [3.63, 3.8) is 0 Å². The third-order valence-corrected chi connectivity index (χ3v) is 5.27. The second-order valence-corrected chi connectivity index (χ2v) is 7.90. The summed E-state index contributed by atoms with van der Waals surface area (Å²) in [5.74, 6) is 2.61. The lowest BCUT2D eigenvalue weighted by Crippen LogP contribution is -2.44. The summed E-state index contributed by atoms with van der Waals surface area (Å²) in [7, 11) is 1.63. The molecule has 0 radical (unpaired) electrons. The summed E-state index contributed by atoms with van der Waals surface area (Å²) in [5.41, 5.74) is 0.861. The van der Waals surface area contributed by atoms with Crippen molar-refractivity contribution in [2.45, 2.75) is 26.0 Å². The minimum absolute atomic E-state index is 0.350. The van der Waals surface area contributed by atoms with Crippen LogP contribution in [0.1, 0.15) is 25.0 Å². The third-order valence-electron chi connectivity index (χ3n) is 4.59. The van der Waals surface area contributed by atoms with Crippen LogP contribution in [0.5, 0.6) is 17.4 Å². The van der Waals surface area contributed by atoms with Gasteiger partial charge in [-0.15, -0.1) is 0 Å². The Bertz CT molecular complexity index is 956. The number of aliphatic imine (C=N–C) groups is 1. The molecule has 0 aliphatic carbocycles. The Morgan fingerprint density at radius 1 is 1.13 bits per heavy atom. The second kappa shape index (κ2) is 10.8. The first-order valence-corrected chi connectivity index (χ1v) is 11.0. The van der Waals surface area contributed by atoms with E-state index in [2.05, 4.69) is 20.6 Å². The number of nitrogens with zero attached hydrogens (tertiary/aromatic N) is 2. The molecule has 8 heteroatoms. The van der Waals surface area contributed by atoms with Crippen LogP contribution in [-0.4, -0.2) is 36.2 Å². The largest absolute Gasteiger partial charge is 0.497 e. The topological polar surface area (TPSA) is 88.0 Å². The predicted molar refractivity (Wildman–Crippen MR) is 124 cm³/mol. The van der Waals surface area contributed by atoms with E-state index in [4.69, 9.17) is 9.47 Å². The Hall–Kier alpha value is -3.10. The molecular weight excluding hydrogens is 412 g/mol. The zero-order valence-electron chi connectivity index (χ0n) is 18.0. The first-order chi connectivity index (χ1) is 15.0. The minimum atomic E-state index is -0.974. The highest BCUT2D eigenvalue weighted by atomic mass is 32.1. The maximum Gasteiger partial charge on any atom is 0.219 e. The van der Waals surface area contributed by atoms with Crippen LogP contribution in [0.25, 0.3) is 0 Å². The smallest absolute Gasteiger partial charge is 0.219 e. The lowest BCUT2D eigenvalue weighted by Gasteiger charge is -2.24. The van der Waals surface area contributed by atoms with Gasteiger partial charge in [-0.2, -0.15) is 11.3 Å². The van der Waals surface area contributed by atoms with E-state index in [1.807, 2.05) is 60.1 Å². The molecule has 2 aromatic heterocycles. The highest BCUT2D eigenvalue weighted by Crippen LogP contribution is 2.23. The summed E-state index contributed by atoms with van der Waals surface area (Å²) in [4.78, 5) is 8.95. The Morgan fingerprint density at radius 2 is 1.90 bits per heavy atom. The molecule has 164 valence electrons. The SMILES string of the molecule is CCNC(=NCc1ccc(Oc2ccc(OC)cc2)nc1)NCC(C)(O)c1ccsc1. The molecule has 1 unspecified atom stereocenters. The van der Waals surface area contributed by atoms with Crippen molar-refractivity contribution < 1.29 is 14.6 Å². The Morgan fingerprint density at radius 3 is 2.52 bits per heavy atom. The Labute approximate surface area is 186 Å². The molecular formula is C23H28N4O3S. The van der Waals surface area contributed by atoms with Crippen LogP contribution in [0.15, 0.2) is 64.4 Å². The van der Waals surface area contributed by atoms with Gasteiger partial charge in [-0.1, -0.05) is 6.07 Å². The summed E-state index contributed by atoms with van der Waals surface area (Å²) in [5, 5.41) is 21.0. The van der Waals surface area contributed by atoms with Crippen LogP contribution in [-0.2, 0) is 12.1 Å². The van der Waals surface area contributed by atoms with Crippen LogP contribution in [0.2, 0.25) is 0 Å². The summed E-state index contributed by atoms with van der Waals surface area (Å²) >= 11 is 1.57. The van der Waals surface area contributed by atoms with Gasteiger partial charge in [0, 0.05) is 18.8 Å². The summed E-state index contributed by atoms with van der Waals surface area (Å²) < 4.78 is 10.9. The number of rotatable bonds is 9. The van der Waals surface area contributed by atoms with Crippen molar-refractivity contribution in [2.75, 3.05) is 20.2 Å². The van der Waals surface area contributed by atoms with Gasteiger partial charge >= 0.3 is 0 Å². The molecule has 0 spiro atoms. The number of benzene rings is 1. The number of aromatic nitrogens is 1. The van der Waals surface area contributed by atoms with E-state index < -0.39 is 5.60 Å². The van der Waals surface area contributed by atoms with Crippen molar-refractivity contribution in [1.29, 1.82) is 0 Å². The number of guanidine groups is 1. The number of thiophene rings is 1. The summed E-state index contributed by atoms with van der Waals surface area (Å²) in [6, 6.07) is 13.0. The monoisotopic (exact) mass is 440 g/mol. The number of nitrogens with one attached hydrogen (secondary N) is 2. The van der Waals surface area contributed by atoms with Gasteiger partial charge in [-0.05, 0) is 66.1 Å². The van der Waals surface area contributed by atoms with Gasteiger partial charge in [-0.25, -0.2) is 9.98 Å². The molecule has 0 saturated carbocycles. The number of hydrogen-bond donors (Lipinski definition) is 3. The van der Waals surface area contributed by atoms with E-state index in [1.165, 1.54) is 0 Å². The number of aliphatic hydroxyl groups is 1. The normalized spacial score (nSPS) is 13.4. The third kappa shape index (κ3) is 6.70. The van der Waals surface area contributed by atoms with Gasteiger partial charge in [0.2, 0.25) is 5.88 Å². The number of ether oxygens (including phenoxy) is 2. The summed E-state index contributed by atoms with van der Waals surface area (Å²) in [6.45, 7) is 5.31. The van der Waals surface area contributed by atoms with Crippen LogP contribution in [0.3, 0.4) is 0 Å². The first kappa shape index (κ1) is 22.6. The molecule has 0 fully saturated rings. The first-order valence-electron chi connectivity index (χ1n) is 10.0. The molecule has 0 amide bonds. The van der Waals surface area contributed by atoms with E-state index in [1.54, 1.807) is 31.6 Å². The number of methoxy groups -OCH3 is 1. The molecule has 3 N–H and O–H groups in total. The summed E-state index contributed by atoms with van der Waals surface area (Å²) in [6.07, 6.45) is 1.74. The number of pyridine rings is 1. The van der Waals surface area contributed by atoms with E-state index in [0.29, 0.717) is 30.7 Å². The fourth-order valence-corrected chi connectivity index (χ4v) is 3.55. The molecule has 31 heavy (non-hydrogen) atoms. The lowest BCUT2D eigenvalue weighted by molar-refractivity contribution is 0.0621. The van der Waals surface area contributed by atoms with Crippen molar-refractivity contribution >= 4 is 17.3 Å². The van der Waals surface area contributed by atoms with Gasteiger partial charge < -0.3 is 25.2 Å². The van der Waals surface area contributed by atoms with Crippen molar-refractivity contribution in [1.82, 2.24) is 15.6 Å². The molecule has 1 aromatic carbocycles. The second-order valence-electron chi connectivity index (χ2n) is 7.12. The molecule has 1 atom stereocenters. The Balaban J connectivity index is 1.57. The maximum atomic E-state index is 10.7. The van der Waals surface area contributed by atoms with Crippen LogP contribution < -0.4 is 20.1 Å². The predicted octanol–water partition coefficient (Wildman–Crippen LogP) is 3.91. The molecule has 0 bridgehead atoms. The van der Waals surface area contributed by atoms with E-state index in [-0.39, 0.29) is 0 Å². The molecule has 0 aliphatic rings. The van der Waals surface area contributed by atoms with Crippen molar-refractivity contribution in [3.8, 4) is 17.4 Å². The average molecular weight is 441 g/mol. The Kier molecular flexibility index (Phi) is 7.86. The molecule has 0 saturated heterocycles. The molecule has 3 aromatic rings. The fraction of sp³-hybridized carbons (Fsp3) is 0.304. The van der Waals surface area contributed by atoms with E-state index in [0.717, 1.165) is 23.4 Å². The van der Waals surface area contributed by atoms with E-state index >= 15 is 0 Å². The maximum absolute atomic E-state index is 10.7. The molecule has 2 heterocycles. The number of hydrogen-bond acceptors (Lipinski definition) is 6. The average Bonchev–Trinajstić information content (AvgIpc) is 3.33.